The number of Topliss-reactive ketones (excluding diaryl/α,β-unsaturated/α-hetero) is 1. The fraction of sp³-hybridized carbons (Fsp3) is 0.133. The highest BCUT2D eigenvalue weighted by molar-refractivity contribution is 7.85. The van der Waals surface area contributed by atoms with Crippen molar-refractivity contribution < 1.29 is 13.7 Å². The van der Waals surface area contributed by atoms with Crippen molar-refractivity contribution in [3.63, 3.8) is 0 Å². The van der Waals surface area contributed by atoms with Crippen LogP contribution in [0, 0.1) is 0 Å². The van der Waals surface area contributed by atoms with Gasteiger partial charge in [0.15, 0.2) is 5.78 Å². The Hall–Kier alpha value is -1.36. The molecule has 0 N–H and O–H groups in total. The molecule has 0 aliphatic rings. The maximum atomic E-state index is 12.2. The predicted molar refractivity (Wildman–Crippen MR) is 85.1 cm³/mol. The van der Waals surface area contributed by atoms with Gasteiger partial charge in [0.2, 0.25) is 0 Å². The summed E-state index contributed by atoms with van der Waals surface area (Å²) in [5.74, 6) is 0.212. The summed E-state index contributed by atoms with van der Waals surface area (Å²) in [6, 6.07) is 11.4. The molecule has 110 valence electrons. The van der Waals surface area contributed by atoms with Gasteiger partial charge in [0.25, 0.3) is 0 Å². The lowest BCUT2D eigenvalue weighted by Crippen LogP contribution is -2.11. The van der Waals surface area contributed by atoms with Gasteiger partial charge in [-0.1, -0.05) is 23.2 Å². The lowest BCUT2D eigenvalue weighted by Gasteiger charge is -2.06. The first-order valence-corrected chi connectivity index (χ1v) is 8.09. The van der Waals surface area contributed by atoms with E-state index in [-0.39, 0.29) is 17.1 Å². The predicted octanol–water partition coefficient (Wildman–Crippen LogP) is 3.99. The largest absolute Gasteiger partial charge is 0.497 e. The molecule has 0 spiro atoms. The molecule has 2 aromatic carbocycles. The lowest BCUT2D eigenvalue weighted by molar-refractivity contribution is 0.102. The molecule has 0 amide bonds. The van der Waals surface area contributed by atoms with Gasteiger partial charge >= 0.3 is 0 Å². The Labute approximate surface area is 135 Å². The van der Waals surface area contributed by atoms with Crippen LogP contribution in [0.4, 0.5) is 0 Å². The number of halogens is 2. The molecule has 6 heteroatoms. The molecule has 0 radical (unpaired) electrons. The van der Waals surface area contributed by atoms with Crippen LogP contribution in [0.2, 0.25) is 10.0 Å². The molecule has 0 aliphatic carbocycles. The highest BCUT2D eigenvalue weighted by Gasteiger charge is 2.15. The van der Waals surface area contributed by atoms with Crippen LogP contribution in [0.1, 0.15) is 10.4 Å². The smallest absolute Gasteiger partial charge is 0.177 e. The van der Waals surface area contributed by atoms with Crippen molar-refractivity contribution in [1.82, 2.24) is 0 Å². The van der Waals surface area contributed by atoms with Crippen molar-refractivity contribution in [2.24, 2.45) is 0 Å². The Balaban J connectivity index is 2.14. The average Bonchev–Trinajstić information content (AvgIpc) is 2.49. The SMILES string of the molecule is COc1ccc(S(=O)CC(=O)c2cc(Cl)ccc2Cl)cc1. The second-order valence-corrected chi connectivity index (χ2v) is 6.51. The minimum Gasteiger partial charge on any atom is -0.497 e. The third-order valence-corrected chi connectivity index (χ3v) is 4.70. The summed E-state index contributed by atoms with van der Waals surface area (Å²) in [6.07, 6.45) is 0. The number of carbonyl (C=O) groups is 1. The second-order valence-electron chi connectivity index (χ2n) is 4.21. The monoisotopic (exact) mass is 342 g/mol. The van der Waals surface area contributed by atoms with E-state index in [1.165, 1.54) is 6.07 Å². The number of ketones is 1. The summed E-state index contributed by atoms with van der Waals surface area (Å²) in [5, 5.41) is 0.717. The van der Waals surface area contributed by atoms with Crippen molar-refractivity contribution in [1.29, 1.82) is 0 Å². The average molecular weight is 343 g/mol. The van der Waals surface area contributed by atoms with E-state index >= 15 is 0 Å². The molecule has 0 fully saturated rings. The summed E-state index contributed by atoms with van der Waals surface area (Å²) in [5.41, 5.74) is 0.283. The van der Waals surface area contributed by atoms with Gasteiger partial charge in [-0.15, -0.1) is 0 Å². The highest BCUT2D eigenvalue weighted by atomic mass is 35.5. The summed E-state index contributed by atoms with van der Waals surface area (Å²) >= 11 is 11.8. The van der Waals surface area contributed by atoms with E-state index in [1.54, 1.807) is 43.5 Å². The van der Waals surface area contributed by atoms with Crippen LogP contribution in [0.3, 0.4) is 0 Å². The summed E-state index contributed by atoms with van der Waals surface area (Å²) < 4.78 is 17.2. The third-order valence-electron chi connectivity index (χ3n) is 2.81. The Morgan fingerprint density at radius 2 is 1.81 bits per heavy atom. The van der Waals surface area contributed by atoms with Crippen LogP contribution in [-0.2, 0) is 10.8 Å². The van der Waals surface area contributed by atoms with Crippen LogP contribution >= 0.6 is 23.2 Å². The van der Waals surface area contributed by atoms with Crippen LogP contribution in [0.5, 0.6) is 5.75 Å². The van der Waals surface area contributed by atoms with E-state index in [2.05, 4.69) is 0 Å². The van der Waals surface area contributed by atoms with Crippen LogP contribution in [-0.4, -0.2) is 22.9 Å². The van der Waals surface area contributed by atoms with E-state index in [1.807, 2.05) is 0 Å². The van der Waals surface area contributed by atoms with E-state index in [4.69, 9.17) is 27.9 Å². The number of hydrogen-bond donors (Lipinski definition) is 0. The number of rotatable bonds is 5. The van der Waals surface area contributed by atoms with Gasteiger partial charge in [0.05, 0.1) is 28.7 Å². The summed E-state index contributed by atoms with van der Waals surface area (Å²) in [4.78, 5) is 12.7. The molecular formula is C15H12Cl2O3S. The molecule has 0 aliphatic heterocycles. The molecule has 0 bridgehead atoms. The lowest BCUT2D eigenvalue weighted by atomic mass is 10.1. The van der Waals surface area contributed by atoms with Gasteiger partial charge in [-0.05, 0) is 42.5 Å². The van der Waals surface area contributed by atoms with Gasteiger partial charge in [-0.3, -0.25) is 9.00 Å². The zero-order valence-corrected chi connectivity index (χ0v) is 13.5. The van der Waals surface area contributed by atoms with E-state index in [0.29, 0.717) is 20.7 Å². The molecular weight excluding hydrogens is 331 g/mol. The van der Waals surface area contributed by atoms with Crippen molar-refractivity contribution in [2.75, 3.05) is 12.9 Å². The molecule has 0 saturated carbocycles. The third kappa shape index (κ3) is 4.06. The number of methoxy groups -OCH3 is 1. The molecule has 0 heterocycles. The first-order valence-electron chi connectivity index (χ1n) is 6.02. The number of benzene rings is 2. The second kappa shape index (κ2) is 7.07. The molecule has 0 aromatic heterocycles. The van der Waals surface area contributed by atoms with E-state index in [0.717, 1.165) is 0 Å². The molecule has 1 atom stereocenters. The first-order chi connectivity index (χ1) is 10.0. The fourth-order valence-corrected chi connectivity index (χ4v) is 3.11. The standard InChI is InChI=1S/C15H12Cl2O3S/c1-20-11-3-5-12(6-4-11)21(19)9-15(18)13-8-10(16)2-7-14(13)17/h2-8H,9H2,1H3. The quantitative estimate of drug-likeness (QED) is 0.771. The van der Waals surface area contributed by atoms with Crippen LogP contribution in [0.15, 0.2) is 47.4 Å². The Kier molecular flexibility index (Phi) is 5.39. The number of hydrogen-bond acceptors (Lipinski definition) is 3. The Morgan fingerprint density at radius 3 is 2.43 bits per heavy atom. The molecule has 21 heavy (non-hydrogen) atoms. The first kappa shape index (κ1) is 16.0. The zero-order chi connectivity index (χ0) is 15.4. The topological polar surface area (TPSA) is 43.4 Å². The summed E-state index contributed by atoms with van der Waals surface area (Å²) in [7, 11) is 0.106. The van der Waals surface area contributed by atoms with Gasteiger partial charge in [-0.2, -0.15) is 0 Å². The molecule has 2 aromatic rings. The van der Waals surface area contributed by atoms with E-state index in [9.17, 15) is 9.00 Å². The normalized spacial score (nSPS) is 12.0. The van der Waals surface area contributed by atoms with Crippen molar-refractivity contribution >= 4 is 39.8 Å². The van der Waals surface area contributed by atoms with Crippen molar-refractivity contribution in [2.45, 2.75) is 4.90 Å². The van der Waals surface area contributed by atoms with Crippen molar-refractivity contribution in [3.05, 3.63) is 58.1 Å². The van der Waals surface area contributed by atoms with Gasteiger partial charge < -0.3 is 4.74 Å². The maximum absolute atomic E-state index is 12.2. The number of ether oxygens (including phenoxy) is 1. The minimum absolute atomic E-state index is 0.146. The summed E-state index contributed by atoms with van der Waals surface area (Å²) in [6.45, 7) is 0. The highest BCUT2D eigenvalue weighted by Crippen LogP contribution is 2.22. The van der Waals surface area contributed by atoms with E-state index < -0.39 is 10.8 Å². The Bertz CT molecular complexity index is 684. The van der Waals surface area contributed by atoms with Crippen molar-refractivity contribution in [3.8, 4) is 5.75 Å². The van der Waals surface area contributed by atoms with Crippen LogP contribution < -0.4 is 4.74 Å². The molecule has 2 rings (SSSR count). The molecule has 3 nitrogen and oxygen atoms in total. The zero-order valence-electron chi connectivity index (χ0n) is 11.1. The molecule has 1 unspecified atom stereocenters. The van der Waals surface area contributed by atoms with Gasteiger partial charge in [0, 0.05) is 15.5 Å². The molecule has 0 saturated heterocycles. The number of carbonyl (C=O) groups excluding carboxylic acids is 1. The van der Waals surface area contributed by atoms with Crippen LogP contribution in [0.25, 0.3) is 0 Å². The minimum atomic E-state index is -1.45. The van der Waals surface area contributed by atoms with Gasteiger partial charge in [-0.25, -0.2) is 0 Å². The maximum Gasteiger partial charge on any atom is 0.177 e. The Morgan fingerprint density at radius 1 is 1.14 bits per heavy atom. The fourth-order valence-electron chi connectivity index (χ4n) is 1.72. The van der Waals surface area contributed by atoms with Gasteiger partial charge in [0.1, 0.15) is 5.75 Å².